The topological polar surface area (TPSA) is 70.8 Å². The van der Waals surface area contributed by atoms with Crippen molar-refractivity contribution in [2.45, 2.75) is 5.41 Å². The van der Waals surface area contributed by atoms with Crippen LogP contribution in [-0.2, 0) is 10.2 Å². The number of hydrogen-bond acceptors (Lipinski definition) is 4. The van der Waals surface area contributed by atoms with Crippen LogP contribution in [0.5, 0.6) is 0 Å². The molecule has 0 saturated carbocycles. The minimum atomic E-state index is -1.53. The van der Waals surface area contributed by atoms with E-state index in [0.717, 1.165) is 0 Å². The molecule has 5 heteroatoms. The Morgan fingerprint density at radius 1 is 0.828 bits per heavy atom. The number of para-hydroxylation sites is 3. The van der Waals surface area contributed by atoms with Gasteiger partial charge in [0.25, 0.3) is 0 Å². The molecule has 0 unspecified atom stereocenters. The highest BCUT2D eigenvalue weighted by atomic mass is 16.3. The van der Waals surface area contributed by atoms with Gasteiger partial charge in [0.05, 0.1) is 29.5 Å². The number of amides is 1. The van der Waals surface area contributed by atoms with Gasteiger partial charge >= 0.3 is 0 Å². The van der Waals surface area contributed by atoms with E-state index in [1.54, 1.807) is 41.3 Å². The van der Waals surface area contributed by atoms with Gasteiger partial charge in [-0.1, -0.05) is 48.5 Å². The van der Waals surface area contributed by atoms with Crippen molar-refractivity contribution in [1.29, 1.82) is 0 Å². The predicted molar refractivity (Wildman–Crippen MR) is 110 cm³/mol. The predicted octanol–water partition coefficient (Wildman–Crippen LogP) is 3.75. The van der Waals surface area contributed by atoms with E-state index in [1.165, 1.54) is 6.26 Å². The lowest BCUT2D eigenvalue weighted by molar-refractivity contribution is -0.122. The Morgan fingerprint density at radius 2 is 1.52 bits per heavy atom. The van der Waals surface area contributed by atoms with Crippen molar-refractivity contribution in [3.63, 3.8) is 0 Å². The third-order valence-electron chi connectivity index (χ3n) is 5.56. The van der Waals surface area contributed by atoms with Crippen LogP contribution in [0, 0.1) is 0 Å². The summed E-state index contributed by atoms with van der Waals surface area (Å²) in [6.45, 7) is -0.546. The molecule has 1 amide bonds. The molecular formula is C24H17NO4. The molecule has 0 aliphatic carbocycles. The van der Waals surface area contributed by atoms with Crippen molar-refractivity contribution in [2.75, 3.05) is 11.5 Å². The summed E-state index contributed by atoms with van der Waals surface area (Å²) in [4.78, 5) is 28.7. The first kappa shape index (κ1) is 17.4. The summed E-state index contributed by atoms with van der Waals surface area (Å²) >= 11 is 0. The van der Waals surface area contributed by atoms with Crippen LogP contribution in [-0.4, -0.2) is 17.6 Å². The SMILES string of the molecule is O=C1N(c2ccccc2)c2ccccc2[C@@]1(CO)c1coc2ccccc2c1=O. The fraction of sp³-hybridized carbons (Fsp3) is 0.0833. The third kappa shape index (κ3) is 2.31. The summed E-state index contributed by atoms with van der Waals surface area (Å²) in [6.07, 6.45) is 1.31. The zero-order valence-corrected chi connectivity index (χ0v) is 15.4. The van der Waals surface area contributed by atoms with Crippen molar-refractivity contribution < 1.29 is 14.3 Å². The van der Waals surface area contributed by atoms with E-state index >= 15 is 0 Å². The number of fused-ring (bicyclic) bond motifs is 2. The lowest BCUT2D eigenvalue weighted by Crippen LogP contribution is -2.45. The Balaban J connectivity index is 1.83. The Labute approximate surface area is 166 Å². The molecule has 1 N–H and O–H groups in total. The van der Waals surface area contributed by atoms with Gasteiger partial charge in [-0.05, 0) is 35.9 Å². The van der Waals surface area contributed by atoms with Crippen molar-refractivity contribution in [3.05, 3.63) is 106 Å². The molecule has 4 aromatic rings. The van der Waals surface area contributed by atoms with E-state index in [4.69, 9.17) is 4.42 Å². The van der Waals surface area contributed by atoms with Crippen LogP contribution in [0.4, 0.5) is 11.4 Å². The Kier molecular flexibility index (Phi) is 3.86. The molecule has 0 fully saturated rings. The Bertz CT molecular complexity index is 1300. The fourth-order valence-electron chi connectivity index (χ4n) is 4.15. The highest BCUT2D eigenvalue weighted by Gasteiger charge is 2.54. The molecule has 0 radical (unpaired) electrons. The zero-order valence-electron chi connectivity index (χ0n) is 15.4. The second-order valence-corrected chi connectivity index (χ2v) is 7.03. The van der Waals surface area contributed by atoms with Gasteiger partial charge in [0.15, 0.2) is 5.43 Å². The normalized spacial score (nSPS) is 18.2. The summed E-state index contributed by atoms with van der Waals surface area (Å²) in [5, 5.41) is 10.9. The number of nitrogens with zero attached hydrogens (tertiary/aromatic N) is 1. The summed E-state index contributed by atoms with van der Waals surface area (Å²) in [5.41, 5.74) is 0.619. The first-order chi connectivity index (χ1) is 14.2. The van der Waals surface area contributed by atoms with Crippen LogP contribution in [0.2, 0.25) is 0 Å². The van der Waals surface area contributed by atoms with Crippen LogP contribution in [0.15, 0.2) is 94.3 Å². The molecule has 1 aliphatic rings. The average molecular weight is 383 g/mol. The third-order valence-corrected chi connectivity index (χ3v) is 5.56. The maximum atomic E-state index is 13.8. The van der Waals surface area contributed by atoms with Crippen LogP contribution < -0.4 is 10.3 Å². The molecule has 5 rings (SSSR count). The van der Waals surface area contributed by atoms with Gasteiger partial charge in [-0.25, -0.2) is 0 Å². The second kappa shape index (κ2) is 6.43. The van der Waals surface area contributed by atoms with Gasteiger partial charge in [0, 0.05) is 5.69 Å². The number of hydrogen-bond donors (Lipinski definition) is 1. The lowest BCUT2D eigenvalue weighted by atomic mass is 9.76. The van der Waals surface area contributed by atoms with Gasteiger partial charge < -0.3 is 9.52 Å². The summed E-state index contributed by atoms with van der Waals surface area (Å²) in [7, 11) is 0. The molecule has 1 aromatic heterocycles. The number of benzene rings is 3. The fourth-order valence-corrected chi connectivity index (χ4v) is 4.15. The van der Waals surface area contributed by atoms with E-state index < -0.39 is 12.0 Å². The number of carbonyl (C=O) groups is 1. The molecule has 5 nitrogen and oxygen atoms in total. The quantitative estimate of drug-likeness (QED) is 0.585. The molecular weight excluding hydrogens is 366 g/mol. The van der Waals surface area contributed by atoms with Gasteiger partial charge in [0.1, 0.15) is 11.0 Å². The summed E-state index contributed by atoms with van der Waals surface area (Å²) in [5.74, 6) is -0.380. The summed E-state index contributed by atoms with van der Waals surface area (Å²) < 4.78 is 5.69. The molecule has 142 valence electrons. The molecule has 2 heterocycles. The average Bonchev–Trinajstić information content (AvgIpc) is 3.03. The van der Waals surface area contributed by atoms with Gasteiger partial charge in [-0.3, -0.25) is 14.5 Å². The molecule has 1 atom stereocenters. The maximum Gasteiger partial charge on any atom is 0.249 e. The molecule has 0 spiro atoms. The van der Waals surface area contributed by atoms with E-state index in [2.05, 4.69) is 0 Å². The van der Waals surface area contributed by atoms with Gasteiger partial charge in [-0.15, -0.1) is 0 Å². The van der Waals surface area contributed by atoms with Crippen LogP contribution in [0.1, 0.15) is 11.1 Å². The highest BCUT2D eigenvalue weighted by Crippen LogP contribution is 2.48. The van der Waals surface area contributed by atoms with E-state index in [0.29, 0.717) is 27.9 Å². The van der Waals surface area contributed by atoms with Crippen molar-refractivity contribution in [2.24, 2.45) is 0 Å². The minimum absolute atomic E-state index is 0.134. The van der Waals surface area contributed by atoms with Gasteiger partial charge in [-0.2, -0.15) is 0 Å². The first-order valence-corrected chi connectivity index (χ1v) is 9.29. The number of carbonyl (C=O) groups excluding carboxylic acids is 1. The van der Waals surface area contributed by atoms with E-state index in [9.17, 15) is 14.7 Å². The zero-order chi connectivity index (χ0) is 20.0. The largest absolute Gasteiger partial charge is 0.464 e. The number of rotatable bonds is 3. The number of anilines is 2. The summed E-state index contributed by atoms with van der Waals surface area (Å²) in [6, 6.07) is 23.3. The molecule has 1 aliphatic heterocycles. The molecule has 0 bridgehead atoms. The molecule has 3 aromatic carbocycles. The first-order valence-electron chi connectivity index (χ1n) is 9.29. The minimum Gasteiger partial charge on any atom is -0.464 e. The second-order valence-electron chi connectivity index (χ2n) is 7.03. The van der Waals surface area contributed by atoms with Crippen molar-refractivity contribution in [3.8, 4) is 0 Å². The number of aliphatic hydroxyl groups excluding tert-OH is 1. The van der Waals surface area contributed by atoms with Crippen LogP contribution in [0.3, 0.4) is 0 Å². The monoisotopic (exact) mass is 383 g/mol. The molecule has 29 heavy (non-hydrogen) atoms. The Hall–Kier alpha value is -3.70. The van der Waals surface area contributed by atoms with Crippen LogP contribution in [0.25, 0.3) is 11.0 Å². The Morgan fingerprint density at radius 3 is 2.31 bits per heavy atom. The maximum absolute atomic E-state index is 13.8. The standard InChI is InChI=1S/C24H17NO4/c26-15-24(19-14-29-21-13-7-4-10-17(21)22(19)27)18-11-5-6-12-20(18)25(23(24)28)16-8-2-1-3-9-16/h1-14,26H,15H2/t24-/m0/s1. The van der Waals surface area contributed by atoms with E-state index in [1.807, 2.05) is 42.5 Å². The highest BCUT2D eigenvalue weighted by molar-refractivity contribution is 6.15. The van der Waals surface area contributed by atoms with Crippen molar-refractivity contribution >= 4 is 28.3 Å². The number of aliphatic hydroxyl groups is 1. The lowest BCUT2D eigenvalue weighted by Gasteiger charge is -2.26. The van der Waals surface area contributed by atoms with Crippen molar-refractivity contribution in [1.82, 2.24) is 0 Å². The van der Waals surface area contributed by atoms with E-state index in [-0.39, 0.29) is 16.9 Å². The van der Waals surface area contributed by atoms with Crippen LogP contribution >= 0.6 is 0 Å². The molecule has 0 saturated heterocycles. The smallest absolute Gasteiger partial charge is 0.249 e. The van der Waals surface area contributed by atoms with Gasteiger partial charge in [0.2, 0.25) is 5.91 Å².